The van der Waals surface area contributed by atoms with E-state index in [0.29, 0.717) is 9.93 Å². The van der Waals surface area contributed by atoms with Gasteiger partial charge in [-0.2, -0.15) is 0 Å². The molecule has 112 valence electrons. The van der Waals surface area contributed by atoms with Crippen LogP contribution in [0.15, 0.2) is 47.6 Å². The van der Waals surface area contributed by atoms with E-state index in [9.17, 15) is 9.59 Å². The zero-order chi connectivity index (χ0) is 15.7. The summed E-state index contributed by atoms with van der Waals surface area (Å²) in [5, 5.41) is 0.278. The molecule has 0 atom stereocenters. The zero-order valence-electron chi connectivity index (χ0n) is 11.8. The molecule has 0 N–H and O–H groups in total. The third-order valence-electron chi connectivity index (χ3n) is 3.31. The lowest BCUT2D eigenvalue weighted by Crippen LogP contribution is -2.27. The molecule has 3 rings (SSSR count). The van der Waals surface area contributed by atoms with Gasteiger partial charge in [0.25, 0.3) is 11.1 Å². The molecule has 22 heavy (non-hydrogen) atoms. The van der Waals surface area contributed by atoms with E-state index in [-0.39, 0.29) is 17.7 Å². The molecule has 0 saturated carbocycles. The number of thioether (sulfide) groups is 1. The molecule has 4 nitrogen and oxygen atoms in total. The SMILES string of the molecule is Cn1ccc(/C=C2/SC(=O)N(Cc3ccccc3Cl)C2=O)c1. The summed E-state index contributed by atoms with van der Waals surface area (Å²) in [5.74, 6) is -0.279. The predicted molar refractivity (Wildman–Crippen MR) is 88.4 cm³/mol. The summed E-state index contributed by atoms with van der Waals surface area (Å²) in [6.45, 7) is 0.191. The van der Waals surface area contributed by atoms with Gasteiger partial charge in [-0.25, -0.2) is 0 Å². The van der Waals surface area contributed by atoms with Crippen molar-refractivity contribution < 1.29 is 9.59 Å². The molecule has 1 aliphatic heterocycles. The number of halogens is 1. The summed E-state index contributed by atoms with van der Waals surface area (Å²) in [6, 6.07) is 9.10. The highest BCUT2D eigenvalue weighted by atomic mass is 35.5. The Balaban J connectivity index is 1.83. The lowest BCUT2D eigenvalue weighted by molar-refractivity contribution is -0.123. The smallest absolute Gasteiger partial charge is 0.293 e. The second-order valence-corrected chi connectivity index (χ2v) is 6.37. The Morgan fingerprint density at radius 3 is 2.68 bits per heavy atom. The molecule has 0 radical (unpaired) electrons. The monoisotopic (exact) mass is 332 g/mol. The molecule has 0 aliphatic carbocycles. The van der Waals surface area contributed by atoms with E-state index in [1.54, 1.807) is 12.1 Å². The summed E-state index contributed by atoms with van der Waals surface area (Å²) in [5.41, 5.74) is 1.65. The number of imide groups is 1. The number of nitrogens with zero attached hydrogens (tertiary/aromatic N) is 2. The minimum atomic E-state index is -0.279. The minimum absolute atomic E-state index is 0.191. The number of rotatable bonds is 3. The van der Waals surface area contributed by atoms with Crippen molar-refractivity contribution in [3.05, 3.63) is 63.8 Å². The summed E-state index contributed by atoms with van der Waals surface area (Å²) >= 11 is 7.05. The topological polar surface area (TPSA) is 42.3 Å². The van der Waals surface area contributed by atoms with Crippen molar-refractivity contribution in [1.82, 2.24) is 9.47 Å². The van der Waals surface area contributed by atoms with Crippen LogP contribution in [0.5, 0.6) is 0 Å². The quantitative estimate of drug-likeness (QED) is 0.800. The van der Waals surface area contributed by atoms with Crippen LogP contribution in [0.4, 0.5) is 4.79 Å². The van der Waals surface area contributed by atoms with E-state index < -0.39 is 0 Å². The summed E-state index contributed by atoms with van der Waals surface area (Å²) < 4.78 is 1.89. The Morgan fingerprint density at radius 2 is 2.00 bits per heavy atom. The number of amides is 2. The van der Waals surface area contributed by atoms with Crippen molar-refractivity contribution in [1.29, 1.82) is 0 Å². The first-order valence-electron chi connectivity index (χ1n) is 6.65. The number of hydrogen-bond donors (Lipinski definition) is 0. The van der Waals surface area contributed by atoms with Crippen LogP contribution in [0.25, 0.3) is 6.08 Å². The van der Waals surface area contributed by atoms with E-state index in [1.807, 2.05) is 48.3 Å². The fourth-order valence-electron chi connectivity index (χ4n) is 2.19. The molecule has 2 heterocycles. The molecule has 2 aromatic rings. The van der Waals surface area contributed by atoms with Gasteiger partial charge in [0, 0.05) is 24.5 Å². The zero-order valence-corrected chi connectivity index (χ0v) is 13.4. The van der Waals surface area contributed by atoms with Gasteiger partial charge in [0.05, 0.1) is 11.4 Å². The molecule has 0 bridgehead atoms. The van der Waals surface area contributed by atoms with Crippen LogP contribution in [-0.2, 0) is 18.4 Å². The fourth-order valence-corrected chi connectivity index (χ4v) is 3.23. The Hall–Kier alpha value is -1.98. The van der Waals surface area contributed by atoms with Crippen molar-refractivity contribution in [3.8, 4) is 0 Å². The molecule has 1 aromatic carbocycles. The molecule has 1 aliphatic rings. The Morgan fingerprint density at radius 1 is 1.23 bits per heavy atom. The van der Waals surface area contributed by atoms with Crippen molar-refractivity contribution in [3.63, 3.8) is 0 Å². The Labute approximate surface area is 137 Å². The first-order chi connectivity index (χ1) is 10.5. The van der Waals surface area contributed by atoms with Crippen LogP contribution in [0.3, 0.4) is 0 Å². The third kappa shape index (κ3) is 2.96. The molecular weight excluding hydrogens is 320 g/mol. The summed E-state index contributed by atoms with van der Waals surface area (Å²) in [6.07, 6.45) is 5.51. The number of hydrogen-bond acceptors (Lipinski definition) is 3. The third-order valence-corrected chi connectivity index (χ3v) is 4.59. The van der Waals surface area contributed by atoms with E-state index in [1.165, 1.54) is 4.90 Å². The lowest BCUT2D eigenvalue weighted by Gasteiger charge is -2.13. The molecule has 1 aromatic heterocycles. The van der Waals surface area contributed by atoms with Gasteiger partial charge in [0.15, 0.2) is 0 Å². The second kappa shape index (κ2) is 6.02. The second-order valence-electron chi connectivity index (χ2n) is 4.97. The van der Waals surface area contributed by atoms with E-state index in [0.717, 1.165) is 22.9 Å². The fraction of sp³-hybridized carbons (Fsp3) is 0.125. The lowest BCUT2D eigenvalue weighted by atomic mass is 10.2. The number of carbonyl (C=O) groups is 2. The molecule has 6 heteroatoms. The van der Waals surface area contributed by atoms with Gasteiger partial charge in [-0.15, -0.1) is 0 Å². The van der Waals surface area contributed by atoms with Gasteiger partial charge in [-0.1, -0.05) is 29.8 Å². The average molecular weight is 333 g/mol. The highest BCUT2D eigenvalue weighted by molar-refractivity contribution is 8.18. The van der Waals surface area contributed by atoms with Gasteiger partial charge >= 0.3 is 0 Å². The first-order valence-corrected chi connectivity index (χ1v) is 7.85. The Bertz CT molecular complexity index is 782. The van der Waals surface area contributed by atoms with Crippen LogP contribution in [0.2, 0.25) is 5.02 Å². The number of aryl methyl sites for hydroxylation is 1. The van der Waals surface area contributed by atoms with E-state index in [4.69, 9.17) is 11.6 Å². The van der Waals surface area contributed by atoms with Gasteiger partial charge < -0.3 is 4.57 Å². The number of benzene rings is 1. The normalized spacial score (nSPS) is 16.8. The highest BCUT2D eigenvalue weighted by Gasteiger charge is 2.35. The molecule has 2 amide bonds. The first kappa shape index (κ1) is 14.9. The van der Waals surface area contributed by atoms with Crippen molar-refractivity contribution >= 4 is 40.6 Å². The summed E-state index contributed by atoms with van der Waals surface area (Å²) in [4.78, 5) is 26.2. The van der Waals surface area contributed by atoms with Crippen LogP contribution in [-0.4, -0.2) is 20.6 Å². The molecule has 1 fully saturated rings. The Kier molecular flexibility index (Phi) is 4.09. The molecule has 1 saturated heterocycles. The van der Waals surface area contributed by atoms with Gasteiger partial charge in [-0.3, -0.25) is 14.5 Å². The maximum Gasteiger partial charge on any atom is 0.293 e. The maximum absolute atomic E-state index is 12.4. The van der Waals surface area contributed by atoms with Gasteiger partial charge in [0.1, 0.15) is 0 Å². The van der Waals surface area contributed by atoms with E-state index >= 15 is 0 Å². The van der Waals surface area contributed by atoms with Gasteiger partial charge in [0.2, 0.25) is 0 Å². The summed E-state index contributed by atoms with van der Waals surface area (Å²) in [7, 11) is 1.90. The number of aromatic nitrogens is 1. The van der Waals surface area contributed by atoms with Crippen LogP contribution < -0.4 is 0 Å². The van der Waals surface area contributed by atoms with E-state index in [2.05, 4.69) is 0 Å². The van der Waals surface area contributed by atoms with Crippen LogP contribution in [0.1, 0.15) is 11.1 Å². The highest BCUT2D eigenvalue weighted by Crippen LogP contribution is 2.34. The largest absolute Gasteiger partial charge is 0.357 e. The van der Waals surface area contributed by atoms with Crippen LogP contribution >= 0.6 is 23.4 Å². The molecule has 0 unspecified atom stereocenters. The van der Waals surface area contributed by atoms with Crippen molar-refractivity contribution in [2.45, 2.75) is 6.54 Å². The minimum Gasteiger partial charge on any atom is -0.357 e. The van der Waals surface area contributed by atoms with Crippen molar-refractivity contribution in [2.24, 2.45) is 7.05 Å². The number of carbonyl (C=O) groups excluding carboxylic acids is 2. The van der Waals surface area contributed by atoms with Crippen LogP contribution in [0, 0.1) is 0 Å². The molecular formula is C16H13ClN2O2S. The average Bonchev–Trinajstić information content (AvgIpc) is 3.00. The molecule has 0 spiro atoms. The predicted octanol–water partition coefficient (Wildman–Crippen LogP) is 3.92. The maximum atomic E-state index is 12.4. The van der Waals surface area contributed by atoms with Crippen molar-refractivity contribution in [2.75, 3.05) is 0 Å². The standard InChI is InChI=1S/C16H13ClN2O2S/c1-18-7-6-11(9-18)8-14-15(20)19(16(21)22-14)10-12-4-2-3-5-13(12)17/h2-9H,10H2,1H3/b14-8+. The van der Waals surface area contributed by atoms with Gasteiger partial charge in [-0.05, 0) is 41.1 Å².